The van der Waals surface area contributed by atoms with Gasteiger partial charge in [-0.25, -0.2) is 12.8 Å². The summed E-state index contributed by atoms with van der Waals surface area (Å²) in [6, 6.07) is 11.4. The van der Waals surface area contributed by atoms with Crippen LogP contribution in [0.5, 0.6) is 11.5 Å². The predicted molar refractivity (Wildman–Crippen MR) is 140 cm³/mol. The maximum absolute atomic E-state index is 14.2. The zero-order valence-corrected chi connectivity index (χ0v) is 22.4. The molecule has 0 saturated carbocycles. The molecule has 3 aromatic carbocycles. The van der Waals surface area contributed by atoms with Crippen molar-refractivity contribution in [2.24, 2.45) is 0 Å². The van der Waals surface area contributed by atoms with Crippen LogP contribution in [-0.2, 0) is 16.2 Å². The molecule has 43 heavy (non-hydrogen) atoms. The fourth-order valence-corrected chi connectivity index (χ4v) is 5.92. The van der Waals surface area contributed by atoms with Crippen LogP contribution in [-0.4, -0.2) is 50.3 Å². The summed E-state index contributed by atoms with van der Waals surface area (Å²) in [6.45, 7) is -3.88. The Labute approximate surface area is 240 Å². The van der Waals surface area contributed by atoms with E-state index in [0.29, 0.717) is 6.07 Å². The third-order valence-corrected chi connectivity index (χ3v) is 8.08. The zero-order valence-electron chi connectivity index (χ0n) is 21.6. The number of aromatic amines is 1. The number of hydrogen-bond acceptors (Lipinski definition) is 6. The molecule has 9 nitrogen and oxygen atoms in total. The number of fused-ring (bicyclic) bond motifs is 1. The fraction of sp³-hybridized carbons (Fsp3) is 0.185. The minimum Gasteiger partial charge on any atom is -0.484 e. The minimum absolute atomic E-state index is 0.0215. The number of carbonyl (C=O) groups excluding carboxylic acids is 1. The van der Waals surface area contributed by atoms with Crippen molar-refractivity contribution in [3.63, 3.8) is 0 Å². The summed E-state index contributed by atoms with van der Waals surface area (Å²) in [5, 5.41) is 8.72. The van der Waals surface area contributed by atoms with E-state index in [1.54, 1.807) is 0 Å². The fourth-order valence-electron chi connectivity index (χ4n) is 4.37. The third-order valence-electron chi connectivity index (χ3n) is 6.31. The Morgan fingerprint density at radius 1 is 1.09 bits per heavy atom. The lowest BCUT2D eigenvalue weighted by Crippen LogP contribution is -2.48. The smallest absolute Gasteiger partial charge is 0.416 e. The van der Waals surface area contributed by atoms with Crippen LogP contribution in [0.3, 0.4) is 0 Å². The number of anilines is 1. The molecule has 2 heterocycles. The Morgan fingerprint density at radius 2 is 1.88 bits per heavy atom. The Balaban J connectivity index is 1.54. The number of sulfonamides is 1. The van der Waals surface area contributed by atoms with Crippen molar-refractivity contribution in [1.82, 2.24) is 15.5 Å². The number of ether oxygens (including phenoxy) is 2. The van der Waals surface area contributed by atoms with E-state index in [1.807, 2.05) is 0 Å². The number of H-pyrrole nitrogens is 1. The Hall–Kier alpha value is -4.73. The molecule has 1 aliphatic heterocycles. The number of rotatable bonds is 8. The van der Waals surface area contributed by atoms with Crippen molar-refractivity contribution in [1.29, 1.82) is 0 Å². The Bertz CT molecular complexity index is 1750. The average molecular weight is 627 g/mol. The van der Waals surface area contributed by atoms with Gasteiger partial charge < -0.3 is 14.8 Å². The highest BCUT2D eigenvalue weighted by Gasteiger charge is 2.37. The molecular formula is C27H20F6N4O5S. The van der Waals surface area contributed by atoms with Gasteiger partial charge in [0.15, 0.2) is 0 Å². The van der Waals surface area contributed by atoms with Crippen LogP contribution >= 0.6 is 0 Å². The highest BCUT2D eigenvalue weighted by Crippen LogP contribution is 2.41. The van der Waals surface area contributed by atoms with Crippen LogP contribution in [0.15, 0.2) is 77.8 Å². The molecule has 1 unspecified atom stereocenters. The van der Waals surface area contributed by atoms with Crippen LogP contribution in [0.4, 0.5) is 32.0 Å². The quantitative estimate of drug-likeness (QED) is 0.259. The second kappa shape index (κ2) is 11.5. The number of alkyl halides is 5. The third kappa shape index (κ3) is 6.53. The normalized spacial score (nSPS) is 15.1. The van der Waals surface area contributed by atoms with Gasteiger partial charge >= 0.3 is 12.8 Å². The Kier molecular flexibility index (Phi) is 7.96. The average Bonchev–Trinajstić information content (AvgIpc) is 3.49. The van der Waals surface area contributed by atoms with Gasteiger partial charge in [-0.1, -0.05) is 12.1 Å². The predicted octanol–water partition coefficient (Wildman–Crippen LogP) is 5.22. The largest absolute Gasteiger partial charge is 0.484 e. The molecule has 1 aromatic heterocycles. The van der Waals surface area contributed by atoms with Crippen LogP contribution in [0, 0.1) is 5.82 Å². The molecule has 0 saturated heterocycles. The molecule has 1 amide bonds. The first-order valence-electron chi connectivity index (χ1n) is 12.4. The molecule has 16 heteroatoms. The zero-order chi connectivity index (χ0) is 30.9. The molecule has 4 aromatic rings. The summed E-state index contributed by atoms with van der Waals surface area (Å²) in [6.07, 6.45) is -4.47. The van der Waals surface area contributed by atoms with Gasteiger partial charge in [0.1, 0.15) is 29.1 Å². The summed E-state index contributed by atoms with van der Waals surface area (Å²) < 4.78 is 119. The van der Waals surface area contributed by atoms with Crippen molar-refractivity contribution in [3.05, 3.63) is 90.0 Å². The molecule has 0 bridgehead atoms. The lowest BCUT2D eigenvalue weighted by atomic mass is 10.0. The van der Waals surface area contributed by atoms with E-state index >= 15 is 0 Å². The van der Waals surface area contributed by atoms with Crippen molar-refractivity contribution in [2.45, 2.75) is 23.8 Å². The lowest BCUT2D eigenvalue weighted by molar-refractivity contribution is -0.137. The van der Waals surface area contributed by atoms with E-state index in [1.165, 1.54) is 30.5 Å². The summed E-state index contributed by atoms with van der Waals surface area (Å²) in [7, 11) is -4.68. The number of benzene rings is 3. The first-order valence-corrected chi connectivity index (χ1v) is 13.8. The maximum Gasteiger partial charge on any atom is 0.416 e. The van der Waals surface area contributed by atoms with E-state index < -0.39 is 63.4 Å². The first kappa shape index (κ1) is 29.8. The molecule has 0 radical (unpaired) electrons. The summed E-state index contributed by atoms with van der Waals surface area (Å²) >= 11 is 0. The van der Waals surface area contributed by atoms with E-state index in [9.17, 15) is 39.6 Å². The molecule has 5 rings (SSSR count). The lowest BCUT2D eigenvalue weighted by Gasteiger charge is -2.36. The minimum atomic E-state index is -4.82. The SMILES string of the molecule is O=C(NCC1CN(S(=O)(=O)c2cccc(C(F)(F)F)c2)c2cc(-c3cc(F)cc(OC(F)F)c3)ccc2O1)c1ccn[nH]1. The molecule has 1 aliphatic rings. The van der Waals surface area contributed by atoms with Gasteiger partial charge in [-0.2, -0.15) is 27.1 Å². The Morgan fingerprint density at radius 3 is 2.58 bits per heavy atom. The number of nitrogens with one attached hydrogen (secondary N) is 2. The molecule has 2 N–H and O–H groups in total. The van der Waals surface area contributed by atoms with Crippen molar-refractivity contribution in [2.75, 3.05) is 17.4 Å². The van der Waals surface area contributed by atoms with E-state index in [2.05, 4.69) is 20.3 Å². The molecule has 226 valence electrons. The van der Waals surface area contributed by atoms with Crippen LogP contribution in [0.2, 0.25) is 0 Å². The van der Waals surface area contributed by atoms with Crippen molar-refractivity contribution in [3.8, 4) is 22.6 Å². The van der Waals surface area contributed by atoms with Crippen LogP contribution in [0.25, 0.3) is 11.1 Å². The number of halogens is 6. The molecular weight excluding hydrogens is 606 g/mol. The first-order chi connectivity index (χ1) is 20.3. The van der Waals surface area contributed by atoms with Crippen LogP contribution < -0.4 is 19.1 Å². The number of nitrogens with zero attached hydrogens (tertiary/aromatic N) is 2. The second-order valence-electron chi connectivity index (χ2n) is 9.22. The van der Waals surface area contributed by atoms with E-state index in [4.69, 9.17) is 4.74 Å². The van der Waals surface area contributed by atoms with Gasteiger partial charge in [0.2, 0.25) is 0 Å². The second-order valence-corrected chi connectivity index (χ2v) is 11.1. The van der Waals surface area contributed by atoms with Crippen molar-refractivity contribution >= 4 is 21.6 Å². The maximum atomic E-state index is 14.2. The van der Waals surface area contributed by atoms with Crippen molar-refractivity contribution < 1.29 is 49.0 Å². The highest BCUT2D eigenvalue weighted by atomic mass is 32.2. The van der Waals surface area contributed by atoms with Gasteiger partial charge in [-0.15, -0.1) is 0 Å². The topological polar surface area (TPSA) is 114 Å². The van der Waals surface area contributed by atoms with Gasteiger partial charge in [0, 0.05) is 12.3 Å². The summed E-state index contributed by atoms with van der Waals surface area (Å²) in [4.78, 5) is 11.7. The molecule has 0 spiro atoms. The monoisotopic (exact) mass is 626 g/mol. The summed E-state index contributed by atoms with van der Waals surface area (Å²) in [5.74, 6) is -1.99. The molecule has 0 fully saturated rings. The van der Waals surface area contributed by atoms with E-state index in [-0.39, 0.29) is 34.8 Å². The van der Waals surface area contributed by atoms with Gasteiger partial charge in [-0.05, 0) is 59.7 Å². The number of amides is 1. The highest BCUT2D eigenvalue weighted by molar-refractivity contribution is 7.92. The van der Waals surface area contributed by atoms with Gasteiger partial charge in [0.05, 0.1) is 29.2 Å². The number of hydrogen-bond donors (Lipinski definition) is 2. The summed E-state index contributed by atoms with van der Waals surface area (Å²) in [5.41, 5.74) is -0.975. The molecule has 0 aliphatic carbocycles. The number of carbonyl (C=O) groups is 1. The van der Waals surface area contributed by atoms with Gasteiger partial charge in [0.25, 0.3) is 15.9 Å². The standard InChI is InChI=1S/C27H20F6N4O5S/c28-18-8-16(9-19(12-18)42-26(29)30)15-4-5-24-23(10-15)37(14-20(41-24)13-34-25(38)22-6-7-35-36-22)43(39,40)21-3-1-2-17(11-21)27(31,32)33/h1-12,20,26H,13-14H2,(H,34,38)(H,35,36). The van der Waals surface area contributed by atoms with Gasteiger partial charge in [-0.3, -0.25) is 14.2 Å². The number of aromatic nitrogens is 2. The van der Waals surface area contributed by atoms with E-state index in [0.717, 1.165) is 40.7 Å². The molecule has 1 atom stereocenters. The van der Waals surface area contributed by atoms with Crippen LogP contribution in [0.1, 0.15) is 16.1 Å².